The zero-order valence-electron chi connectivity index (χ0n) is 11.5. The van der Waals surface area contributed by atoms with Gasteiger partial charge in [-0.25, -0.2) is 0 Å². The van der Waals surface area contributed by atoms with Crippen LogP contribution in [0.4, 0.5) is 0 Å². The molecule has 0 spiro atoms. The number of aryl methyl sites for hydroxylation is 1. The van der Waals surface area contributed by atoms with E-state index < -0.39 is 0 Å². The van der Waals surface area contributed by atoms with Crippen LogP contribution in [0.25, 0.3) is 0 Å². The number of nitrogens with two attached hydrogens (primary N) is 1. The first-order valence-corrected chi connectivity index (χ1v) is 7.81. The summed E-state index contributed by atoms with van der Waals surface area (Å²) in [6.45, 7) is 11.3. The van der Waals surface area contributed by atoms with Gasteiger partial charge in [0.1, 0.15) is 0 Å². The second-order valence-corrected chi connectivity index (χ2v) is 8.41. The highest BCUT2D eigenvalue weighted by atomic mass is 79.9. The first-order chi connectivity index (χ1) is 7.69. The Bertz CT molecular complexity index is 345. The lowest BCUT2D eigenvalue weighted by molar-refractivity contribution is 0.287. The van der Waals surface area contributed by atoms with E-state index in [1.54, 1.807) is 0 Å². The summed E-state index contributed by atoms with van der Waals surface area (Å²) < 4.78 is 1.19. The molecule has 1 rings (SSSR count). The maximum atomic E-state index is 6.29. The Kier molecular flexibility index (Phi) is 5.23. The first kappa shape index (κ1) is 15.2. The van der Waals surface area contributed by atoms with E-state index in [2.05, 4.69) is 56.6 Å². The minimum Gasteiger partial charge on any atom is -0.323 e. The summed E-state index contributed by atoms with van der Waals surface area (Å²) in [4.78, 5) is 2.62. The van der Waals surface area contributed by atoms with Gasteiger partial charge in [0.05, 0.1) is 0 Å². The van der Waals surface area contributed by atoms with Crippen LogP contribution in [0.1, 0.15) is 56.3 Å². The average molecular weight is 318 g/mol. The summed E-state index contributed by atoms with van der Waals surface area (Å²) in [5, 5.41) is 0. The summed E-state index contributed by atoms with van der Waals surface area (Å²) in [5.74, 6) is 0.672. The molecule has 0 aliphatic carbocycles. The molecule has 1 nitrogen and oxygen atoms in total. The molecule has 1 aromatic heterocycles. The van der Waals surface area contributed by atoms with E-state index in [4.69, 9.17) is 5.73 Å². The molecule has 2 unspecified atom stereocenters. The van der Waals surface area contributed by atoms with Crippen LogP contribution in [-0.2, 0) is 0 Å². The second kappa shape index (κ2) is 5.85. The van der Waals surface area contributed by atoms with Gasteiger partial charge < -0.3 is 5.73 Å². The molecule has 0 radical (unpaired) electrons. The van der Waals surface area contributed by atoms with Crippen molar-refractivity contribution < 1.29 is 0 Å². The van der Waals surface area contributed by atoms with Gasteiger partial charge in [-0.3, -0.25) is 0 Å². The molecule has 0 aliphatic heterocycles. The van der Waals surface area contributed by atoms with Crippen LogP contribution >= 0.6 is 27.3 Å². The lowest BCUT2D eigenvalue weighted by atomic mass is 9.83. The van der Waals surface area contributed by atoms with Crippen LogP contribution in [0.3, 0.4) is 0 Å². The maximum Gasteiger partial charge on any atom is 0.0392 e. The van der Waals surface area contributed by atoms with Crippen LogP contribution in [-0.4, -0.2) is 0 Å². The number of hydrogen-bond acceptors (Lipinski definition) is 2. The molecule has 0 saturated heterocycles. The highest BCUT2D eigenvalue weighted by molar-refractivity contribution is 9.10. The largest absolute Gasteiger partial charge is 0.323 e. The number of rotatable bonds is 4. The van der Waals surface area contributed by atoms with Crippen LogP contribution in [0.5, 0.6) is 0 Å². The topological polar surface area (TPSA) is 26.0 Å². The molecule has 0 aliphatic rings. The van der Waals surface area contributed by atoms with E-state index in [1.807, 2.05) is 11.3 Å². The summed E-state index contributed by atoms with van der Waals surface area (Å²) >= 11 is 5.36. The van der Waals surface area contributed by atoms with Crippen LogP contribution in [0.15, 0.2) is 10.5 Å². The van der Waals surface area contributed by atoms with Crippen molar-refractivity contribution in [2.75, 3.05) is 0 Å². The standard InChI is InChI=1S/C14H24BrNS/c1-9(8-14(3,4)5)6-12(16)13-7-11(15)10(2)17-13/h7,9,12H,6,8,16H2,1-5H3. The average Bonchev–Trinajstić information content (AvgIpc) is 2.43. The predicted molar refractivity (Wildman–Crippen MR) is 81.5 cm³/mol. The van der Waals surface area contributed by atoms with Gasteiger partial charge in [-0.05, 0) is 53.1 Å². The van der Waals surface area contributed by atoms with Crippen molar-refractivity contribution in [2.24, 2.45) is 17.1 Å². The van der Waals surface area contributed by atoms with Gasteiger partial charge in [-0.15, -0.1) is 11.3 Å². The SMILES string of the molecule is Cc1sc(C(N)CC(C)CC(C)(C)C)cc1Br. The molecule has 0 saturated carbocycles. The normalized spacial score (nSPS) is 15.9. The minimum atomic E-state index is 0.183. The molecular formula is C14H24BrNS. The van der Waals surface area contributed by atoms with Gasteiger partial charge in [0.15, 0.2) is 0 Å². The van der Waals surface area contributed by atoms with Crippen molar-refractivity contribution in [3.8, 4) is 0 Å². The van der Waals surface area contributed by atoms with Gasteiger partial charge in [0.2, 0.25) is 0 Å². The fourth-order valence-corrected chi connectivity index (χ4v) is 3.92. The summed E-state index contributed by atoms with van der Waals surface area (Å²) in [7, 11) is 0. The van der Waals surface area contributed by atoms with E-state index in [-0.39, 0.29) is 6.04 Å². The molecule has 0 fully saturated rings. The third-order valence-electron chi connectivity index (χ3n) is 2.86. The van der Waals surface area contributed by atoms with Gasteiger partial charge in [0.25, 0.3) is 0 Å². The van der Waals surface area contributed by atoms with Crippen LogP contribution in [0.2, 0.25) is 0 Å². The molecule has 2 N–H and O–H groups in total. The van der Waals surface area contributed by atoms with Gasteiger partial charge >= 0.3 is 0 Å². The fourth-order valence-electron chi connectivity index (χ4n) is 2.34. The molecule has 0 amide bonds. The zero-order valence-corrected chi connectivity index (χ0v) is 13.9. The van der Waals surface area contributed by atoms with E-state index >= 15 is 0 Å². The minimum absolute atomic E-state index is 0.183. The Hall–Kier alpha value is 0.140. The number of halogens is 1. The second-order valence-electron chi connectivity index (χ2n) is 6.27. The van der Waals surface area contributed by atoms with Gasteiger partial charge in [-0.1, -0.05) is 27.7 Å². The smallest absolute Gasteiger partial charge is 0.0392 e. The van der Waals surface area contributed by atoms with Crippen molar-refractivity contribution in [2.45, 2.75) is 53.5 Å². The van der Waals surface area contributed by atoms with Crippen LogP contribution < -0.4 is 5.73 Å². The Balaban J connectivity index is 2.57. The van der Waals surface area contributed by atoms with Gasteiger partial charge in [-0.2, -0.15) is 0 Å². The Morgan fingerprint density at radius 3 is 2.41 bits per heavy atom. The zero-order chi connectivity index (χ0) is 13.2. The first-order valence-electron chi connectivity index (χ1n) is 6.20. The van der Waals surface area contributed by atoms with E-state index in [0.717, 1.165) is 6.42 Å². The third kappa shape index (κ3) is 5.11. The summed E-state index contributed by atoms with van der Waals surface area (Å²) in [6.07, 6.45) is 2.30. The molecule has 2 atom stereocenters. The van der Waals surface area contributed by atoms with E-state index in [1.165, 1.54) is 20.6 Å². The quantitative estimate of drug-likeness (QED) is 0.803. The molecule has 0 aromatic carbocycles. The lowest BCUT2D eigenvalue weighted by Gasteiger charge is -2.24. The van der Waals surface area contributed by atoms with Crippen LogP contribution in [0, 0.1) is 18.3 Å². The summed E-state index contributed by atoms with van der Waals surface area (Å²) in [5.41, 5.74) is 6.68. The fraction of sp³-hybridized carbons (Fsp3) is 0.714. The number of thiophene rings is 1. The molecular weight excluding hydrogens is 294 g/mol. The van der Waals surface area contributed by atoms with Crippen molar-refractivity contribution in [1.82, 2.24) is 0 Å². The molecule has 98 valence electrons. The van der Waals surface area contributed by atoms with Crippen molar-refractivity contribution >= 4 is 27.3 Å². The van der Waals surface area contributed by atoms with Crippen molar-refractivity contribution in [3.05, 3.63) is 20.3 Å². The van der Waals surface area contributed by atoms with Crippen molar-refractivity contribution in [1.29, 1.82) is 0 Å². The third-order valence-corrected chi connectivity index (χ3v) is 5.13. The Labute approximate surface area is 118 Å². The molecule has 1 heterocycles. The van der Waals surface area contributed by atoms with E-state index in [9.17, 15) is 0 Å². The van der Waals surface area contributed by atoms with E-state index in [0.29, 0.717) is 11.3 Å². The lowest BCUT2D eigenvalue weighted by Crippen LogP contribution is -2.17. The summed E-state index contributed by atoms with van der Waals surface area (Å²) in [6, 6.07) is 2.36. The monoisotopic (exact) mass is 317 g/mol. The Morgan fingerprint density at radius 1 is 1.41 bits per heavy atom. The molecule has 1 aromatic rings. The highest BCUT2D eigenvalue weighted by Gasteiger charge is 2.19. The molecule has 0 bridgehead atoms. The highest BCUT2D eigenvalue weighted by Crippen LogP contribution is 2.34. The van der Waals surface area contributed by atoms with Crippen molar-refractivity contribution in [3.63, 3.8) is 0 Å². The maximum absolute atomic E-state index is 6.29. The van der Waals surface area contributed by atoms with Gasteiger partial charge in [0, 0.05) is 20.3 Å². The molecule has 3 heteroatoms. The molecule has 17 heavy (non-hydrogen) atoms. The predicted octanol–water partition coefficient (Wildman–Crippen LogP) is 5.28. The number of hydrogen-bond donors (Lipinski definition) is 1. The Morgan fingerprint density at radius 2 is 2.00 bits per heavy atom.